The summed E-state index contributed by atoms with van der Waals surface area (Å²) in [6.07, 6.45) is 0.770. The molecule has 0 radical (unpaired) electrons. The van der Waals surface area contributed by atoms with Gasteiger partial charge in [-0.2, -0.15) is 0 Å². The second-order valence-electron chi connectivity index (χ2n) is 8.48. The van der Waals surface area contributed by atoms with Gasteiger partial charge in [0.1, 0.15) is 11.6 Å². The molecular weight excluding hydrogens is 376 g/mol. The van der Waals surface area contributed by atoms with Gasteiger partial charge in [0.15, 0.2) is 0 Å². The Labute approximate surface area is 179 Å². The van der Waals surface area contributed by atoms with Crippen molar-refractivity contribution in [1.29, 1.82) is 0 Å². The van der Waals surface area contributed by atoms with E-state index in [9.17, 15) is 4.79 Å². The monoisotopic (exact) mass is 409 g/mol. The molecule has 1 aromatic carbocycles. The number of anilines is 2. The summed E-state index contributed by atoms with van der Waals surface area (Å²) in [6.45, 7) is 14.9. The minimum absolute atomic E-state index is 0.0511. The quantitative estimate of drug-likeness (QED) is 0.810. The van der Waals surface area contributed by atoms with Crippen LogP contribution in [0.3, 0.4) is 0 Å². The Hall–Kier alpha value is -2.67. The lowest BCUT2D eigenvalue weighted by molar-refractivity contribution is -0.898. The second-order valence-corrected chi connectivity index (χ2v) is 8.48. The number of quaternary nitrogens is 1. The minimum Gasteiger partial charge on any atom is -0.345 e. The Bertz CT molecular complexity index is 915. The van der Waals surface area contributed by atoms with Gasteiger partial charge in [-0.05, 0) is 38.8 Å². The highest BCUT2D eigenvalue weighted by molar-refractivity contribution is 5.91. The fourth-order valence-electron chi connectivity index (χ4n) is 4.54. The molecule has 1 saturated heterocycles. The molecule has 2 aromatic rings. The zero-order valence-electron chi connectivity index (χ0n) is 18.6. The number of rotatable bonds is 3. The van der Waals surface area contributed by atoms with Crippen LogP contribution in [0.5, 0.6) is 0 Å². The molecule has 0 saturated carbocycles. The van der Waals surface area contributed by atoms with Gasteiger partial charge in [-0.25, -0.2) is 14.8 Å². The Morgan fingerprint density at radius 1 is 1.10 bits per heavy atom. The van der Waals surface area contributed by atoms with E-state index in [1.165, 1.54) is 6.54 Å². The number of hydrogen-bond donors (Lipinski definition) is 2. The molecule has 7 nitrogen and oxygen atoms in total. The number of hydrogen-bond acceptors (Lipinski definition) is 4. The second kappa shape index (κ2) is 8.60. The first kappa shape index (κ1) is 20.6. The number of urea groups is 1. The lowest BCUT2D eigenvalue weighted by atomic mass is 10.0. The lowest BCUT2D eigenvalue weighted by Crippen LogP contribution is -3.14. The number of fused-ring (bicyclic) bond motifs is 1. The van der Waals surface area contributed by atoms with Gasteiger partial charge in [0.2, 0.25) is 0 Å². The van der Waals surface area contributed by atoms with Crippen LogP contribution >= 0.6 is 0 Å². The standard InChI is InChI=1S/C23H32N6O/c1-5-27-11-13-28(14-12-27)22-19-15-29(10-9-20(19)24-18(4)25-22)23(30)26-21-16(2)7-6-8-17(21)3/h6-8H,5,9-15H2,1-4H3,(H,26,30)/p+1. The van der Waals surface area contributed by atoms with Crippen molar-refractivity contribution < 1.29 is 9.69 Å². The maximum atomic E-state index is 13.1. The van der Waals surface area contributed by atoms with E-state index in [2.05, 4.69) is 17.1 Å². The molecule has 3 heterocycles. The molecule has 2 aliphatic rings. The Balaban J connectivity index is 1.55. The van der Waals surface area contributed by atoms with Gasteiger partial charge in [-0.3, -0.25) is 0 Å². The number of aryl methyl sites for hydroxylation is 3. The summed E-state index contributed by atoms with van der Waals surface area (Å²) in [6, 6.07) is 6.02. The van der Waals surface area contributed by atoms with Crippen LogP contribution in [0, 0.1) is 20.8 Å². The van der Waals surface area contributed by atoms with Crippen LogP contribution in [0.4, 0.5) is 16.3 Å². The molecule has 2 amide bonds. The number of carbonyl (C=O) groups excluding carboxylic acids is 1. The number of benzene rings is 1. The molecule has 1 aromatic heterocycles. The van der Waals surface area contributed by atoms with Crippen molar-refractivity contribution in [3.8, 4) is 0 Å². The van der Waals surface area contributed by atoms with Crippen LogP contribution in [-0.2, 0) is 13.0 Å². The third kappa shape index (κ3) is 4.12. The summed E-state index contributed by atoms with van der Waals surface area (Å²) in [5, 5.41) is 3.13. The number of para-hydroxylation sites is 1. The first-order valence-electron chi connectivity index (χ1n) is 11.0. The number of likely N-dealkylation sites (N-methyl/N-ethyl adjacent to an activating group) is 1. The average Bonchev–Trinajstić information content (AvgIpc) is 2.75. The largest absolute Gasteiger partial charge is 0.345 e. The van der Waals surface area contributed by atoms with E-state index < -0.39 is 0 Å². The van der Waals surface area contributed by atoms with E-state index in [0.29, 0.717) is 13.1 Å². The number of nitrogens with zero attached hydrogens (tertiary/aromatic N) is 4. The maximum Gasteiger partial charge on any atom is 0.322 e. The lowest BCUT2D eigenvalue weighted by Gasteiger charge is -2.36. The molecule has 2 aliphatic heterocycles. The SMILES string of the molecule is CC[NH+]1CCN(c2nc(C)nc3c2CN(C(=O)Nc2c(C)cccc2C)CC3)CC1. The van der Waals surface area contributed by atoms with Crippen LogP contribution in [-0.4, -0.2) is 60.2 Å². The zero-order chi connectivity index (χ0) is 21.3. The molecule has 0 spiro atoms. The van der Waals surface area contributed by atoms with Gasteiger partial charge in [0.25, 0.3) is 0 Å². The fraction of sp³-hybridized carbons (Fsp3) is 0.522. The highest BCUT2D eigenvalue weighted by Gasteiger charge is 2.29. The maximum absolute atomic E-state index is 13.1. The van der Waals surface area contributed by atoms with Crippen LogP contribution in [0.2, 0.25) is 0 Å². The smallest absolute Gasteiger partial charge is 0.322 e. The first-order valence-corrected chi connectivity index (χ1v) is 11.0. The van der Waals surface area contributed by atoms with E-state index >= 15 is 0 Å². The first-order chi connectivity index (χ1) is 14.5. The number of nitrogens with one attached hydrogen (secondary N) is 2. The summed E-state index contributed by atoms with van der Waals surface area (Å²) in [4.78, 5) is 28.5. The molecule has 0 atom stereocenters. The topological polar surface area (TPSA) is 65.8 Å². The third-order valence-corrected chi connectivity index (χ3v) is 6.42. The molecule has 0 unspecified atom stereocenters. The molecule has 2 N–H and O–H groups in total. The Morgan fingerprint density at radius 2 is 1.80 bits per heavy atom. The molecule has 1 fully saturated rings. The van der Waals surface area contributed by atoms with E-state index in [1.54, 1.807) is 4.90 Å². The van der Waals surface area contributed by atoms with Gasteiger partial charge in [0, 0.05) is 24.2 Å². The van der Waals surface area contributed by atoms with Crippen molar-refractivity contribution >= 4 is 17.5 Å². The Morgan fingerprint density at radius 3 is 2.47 bits per heavy atom. The number of piperazine rings is 1. The normalized spacial score (nSPS) is 17.1. The highest BCUT2D eigenvalue weighted by atomic mass is 16.2. The number of aromatic nitrogens is 2. The van der Waals surface area contributed by atoms with E-state index in [4.69, 9.17) is 9.97 Å². The summed E-state index contributed by atoms with van der Waals surface area (Å²) >= 11 is 0. The van der Waals surface area contributed by atoms with Crippen molar-refractivity contribution in [3.63, 3.8) is 0 Å². The molecule has 7 heteroatoms. The summed E-state index contributed by atoms with van der Waals surface area (Å²) in [5.41, 5.74) is 5.28. The van der Waals surface area contributed by atoms with E-state index in [0.717, 1.165) is 72.3 Å². The van der Waals surface area contributed by atoms with Crippen molar-refractivity contribution in [2.24, 2.45) is 0 Å². The minimum atomic E-state index is -0.0511. The van der Waals surface area contributed by atoms with Crippen LogP contribution in [0.25, 0.3) is 0 Å². The van der Waals surface area contributed by atoms with Crippen molar-refractivity contribution in [3.05, 3.63) is 46.4 Å². The molecular formula is C23H33N6O+. The van der Waals surface area contributed by atoms with Gasteiger partial charge in [-0.15, -0.1) is 0 Å². The predicted octanol–water partition coefficient (Wildman–Crippen LogP) is 1.72. The molecule has 160 valence electrons. The van der Waals surface area contributed by atoms with Crippen LogP contribution in [0.1, 0.15) is 35.1 Å². The van der Waals surface area contributed by atoms with Gasteiger partial charge in [0.05, 0.1) is 45.0 Å². The predicted molar refractivity (Wildman–Crippen MR) is 119 cm³/mol. The highest BCUT2D eigenvalue weighted by Crippen LogP contribution is 2.28. The van der Waals surface area contributed by atoms with Gasteiger partial charge >= 0.3 is 6.03 Å². The summed E-state index contributed by atoms with van der Waals surface area (Å²) in [5.74, 6) is 1.85. The molecule has 30 heavy (non-hydrogen) atoms. The molecule has 0 bridgehead atoms. The summed E-state index contributed by atoms with van der Waals surface area (Å²) < 4.78 is 0. The van der Waals surface area contributed by atoms with Gasteiger partial charge < -0.3 is 20.0 Å². The van der Waals surface area contributed by atoms with Crippen LogP contribution < -0.4 is 15.1 Å². The molecule has 0 aliphatic carbocycles. The van der Waals surface area contributed by atoms with E-state index in [1.807, 2.05) is 43.9 Å². The number of amides is 2. The molecule has 4 rings (SSSR count). The van der Waals surface area contributed by atoms with Crippen molar-refractivity contribution in [1.82, 2.24) is 14.9 Å². The Kier molecular flexibility index (Phi) is 5.90. The summed E-state index contributed by atoms with van der Waals surface area (Å²) in [7, 11) is 0. The van der Waals surface area contributed by atoms with Crippen molar-refractivity contribution in [2.45, 2.75) is 40.7 Å². The van der Waals surface area contributed by atoms with Gasteiger partial charge in [-0.1, -0.05) is 18.2 Å². The zero-order valence-corrected chi connectivity index (χ0v) is 18.6. The van der Waals surface area contributed by atoms with Crippen molar-refractivity contribution in [2.75, 3.05) is 49.5 Å². The van der Waals surface area contributed by atoms with E-state index in [-0.39, 0.29) is 6.03 Å². The third-order valence-electron chi connectivity index (χ3n) is 6.42. The van der Waals surface area contributed by atoms with Crippen LogP contribution in [0.15, 0.2) is 18.2 Å². The fourth-order valence-corrected chi connectivity index (χ4v) is 4.54. The number of carbonyl (C=O) groups is 1. The average molecular weight is 410 g/mol.